The Labute approximate surface area is 111 Å². The van der Waals surface area contributed by atoms with Gasteiger partial charge in [-0.2, -0.15) is 9.49 Å². The van der Waals surface area contributed by atoms with Crippen LogP contribution >= 0.6 is 0 Å². The summed E-state index contributed by atoms with van der Waals surface area (Å²) in [6.45, 7) is 4.52. The van der Waals surface area contributed by atoms with Crippen LogP contribution in [0.25, 0.3) is 0 Å². The van der Waals surface area contributed by atoms with Gasteiger partial charge in [-0.25, -0.2) is 4.68 Å². The zero-order chi connectivity index (χ0) is 14.0. The van der Waals surface area contributed by atoms with Crippen molar-refractivity contribution in [3.05, 3.63) is 23.4 Å². The van der Waals surface area contributed by atoms with Crippen LogP contribution in [0.4, 0.5) is 10.1 Å². The second kappa shape index (κ2) is 5.29. The first-order valence-electron chi connectivity index (χ1n) is 6.10. The van der Waals surface area contributed by atoms with Gasteiger partial charge in [0.2, 0.25) is 5.95 Å². The first-order valence-corrected chi connectivity index (χ1v) is 6.10. The Kier molecular flexibility index (Phi) is 3.73. The van der Waals surface area contributed by atoms with Crippen molar-refractivity contribution in [3.63, 3.8) is 0 Å². The van der Waals surface area contributed by atoms with Crippen molar-refractivity contribution in [3.8, 4) is 5.88 Å². The van der Waals surface area contributed by atoms with Crippen molar-refractivity contribution in [1.82, 2.24) is 19.6 Å². The van der Waals surface area contributed by atoms with Gasteiger partial charge in [0, 0.05) is 25.7 Å². The van der Waals surface area contributed by atoms with Crippen molar-refractivity contribution in [2.75, 3.05) is 12.4 Å². The summed E-state index contributed by atoms with van der Waals surface area (Å²) in [7, 11) is 3.35. The van der Waals surface area contributed by atoms with Crippen LogP contribution in [0, 0.1) is 12.9 Å². The molecule has 0 saturated carbocycles. The topological polar surface area (TPSA) is 56.9 Å². The molecule has 2 rings (SSSR count). The van der Waals surface area contributed by atoms with Crippen LogP contribution in [0.3, 0.4) is 0 Å². The van der Waals surface area contributed by atoms with Gasteiger partial charge in [-0.15, -0.1) is 5.10 Å². The van der Waals surface area contributed by atoms with E-state index in [4.69, 9.17) is 4.74 Å². The average Bonchev–Trinajstić information content (AvgIpc) is 2.88. The van der Waals surface area contributed by atoms with Crippen LogP contribution in [0.1, 0.15) is 18.2 Å². The summed E-state index contributed by atoms with van der Waals surface area (Å²) in [5, 5.41) is 11.4. The minimum Gasteiger partial charge on any atom is -0.478 e. The SMILES string of the molecule is CCn1nc(C)c(CNc2cn(C)nc2OC)c1F. The molecule has 0 aliphatic rings. The Morgan fingerprint density at radius 1 is 1.42 bits per heavy atom. The number of hydrogen-bond acceptors (Lipinski definition) is 4. The molecule has 0 radical (unpaired) electrons. The number of nitrogens with zero attached hydrogens (tertiary/aromatic N) is 4. The maximum atomic E-state index is 14.0. The Morgan fingerprint density at radius 3 is 2.74 bits per heavy atom. The van der Waals surface area contributed by atoms with Gasteiger partial charge >= 0.3 is 0 Å². The Hall–Kier alpha value is -2.05. The number of methoxy groups -OCH3 is 1. The third kappa shape index (κ3) is 2.54. The number of aromatic nitrogens is 4. The van der Waals surface area contributed by atoms with E-state index in [9.17, 15) is 4.39 Å². The summed E-state index contributed by atoms with van der Waals surface area (Å²) in [5.74, 6) is 0.193. The quantitative estimate of drug-likeness (QED) is 0.896. The van der Waals surface area contributed by atoms with E-state index in [0.717, 1.165) is 5.69 Å². The molecule has 19 heavy (non-hydrogen) atoms. The van der Waals surface area contributed by atoms with Crippen LogP contribution in [-0.4, -0.2) is 26.7 Å². The highest BCUT2D eigenvalue weighted by Gasteiger charge is 2.15. The molecule has 0 unspecified atom stereocenters. The van der Waals surface area contributed by atoms with Gasteiger partial charge in [-0.3, -0.25) is 4.68 Å². The van der Waals surface area contributed by atoms with E-state index in [0.29, 0.717) is 30.2 Å². The van der Waals surface area contributed by atoms with Gasteiger partial charge in [-0.05, 0) is 13.8 Å². The zero-order valence-electron chi connectivity index (χ0n) is 11.6. The molecule has 0 spiro atoms. The van der Waals surface area contributed by atoms with E-state index in [1.54, 1.807) is 32.0 Å². The van der Waals surface area contributed by atoms with Gasteiger partial charge in [0.25, 0.3) is 5.88 Å². The molecule has 104 valence electrons. The lowest BCUT2D eigenvalue weighted by Crippen LogP contribution is -2.04. The van der Waals surface area contributed by atoms with Gasteiger partial charge in [0.1, 0.15) is 5.69 Å². The standard InChI is InChI=1S/C12H18FN5O/c1-5-18-11(13)9(8(2)15-18)6-14-10-7-17(3)16-12(10)19-4/h7,14H,5-6H2,1-4H3. The first kappa shape index (κ1) is 13.4. The fourth-order valence-electron chi connectivity index (χ4n) is 1.92. The number of aryl methyl sites for hydroxylation is 3. The molecule has 2 heterocycles. The molecule has 7 heteroatoms. The van der Waals surface area contributed by atoms with Crippen molar-refractivity contribution >= 4 is 5.69 Å². The second-order valence-electron chi connectivity index (χ2n) is 4.25. The summed E-state index contributed by atoms with van der Waals surface area (Å²) in [5.41, 5.74) is 1.98. The van der Waals surface area contributed by atoms with Crippen LogP contribution in [0.15, 0.2) is 6.20 Å². The number of halogens is 1. The molecule has 1 N–H and O–H groups in total. The molecule has 0 atom stereocenters. The second-order valence-corrected chi connectivity index (χ2v) is 4.25. The fourth-order valence-corrected chi connectivity index (χ4v) is 1.92. The number of nitrogens with one attached hydrogen (secondary N) is 1. The first-order chi connectivity index (χ1) is 9.06. The number of anilines is 1. The summed E-state index contributed by atoms with van der Waals surface area (Å²) in [4.78, 5) is 0. The summed E-state index contributed by atoms with van der Waals surface area (Å²) < 4.78 is 22.1. The molecule has 0 fully saturated rings. The molecule has 0 aliphatic heterocycles. The van der Waals surface area contributed by atoms with Crippen LogP contribution < -0.4 is 10.1 Å². The normalized spacial score (nSPS) is 10.8. The highest BCUT2D eigenvalue weighted by Crippen LogP contribution is 2.22. The number of rotatable bonds is 5. The van der Waals surface area contributed by atoms with Crippen LogP contribution in [-0.2, 0) is 20.1 Å². The zero-order valence-corrected chi connectivity index (χ0v) is 11.6. The van der Waals surface area contributed by atoms with Gasteiger partial charge in [0.05, 0.1) is 19.0 Å². The lowest BCUT2D eigenvalue weighted by Gasteiger charge is -2.05. The van der Waals surface area contributed by atoms with Crippen molar-refractivity contribution in [2.45, 2.75) is 26.9 Å². The Morgan fingerprint density at radius 2 is 2.16 bits per heavy atom. The van der Waals surface area contributed by atoms with E-state index < -0.39 is 0 Å². The monoisotopic (exact) mass is 267 g/mol. The number of hydrogen-bond donors (Lipinski definition) is 1. The van der Waals surface area contributed by atoms with E-state index in [2.05, 4.69) is 15.5 Å². The Bertz CT molecular complexity index is 575. The average molecular weight is 267 g/mol. The van der Waals surface area contributed by atoms with Gasteiger partial charge in [0.15, 0.2) is 0 Å². The number of ether oxygens (including phenoxy) is 1. The highest BCUT2D eigenvalue weighted by atomic mass is 19.1. The maximum absolute atomic E-state index is 14.0. The molecular formula is C12H18FN5O. The molecule has 2 aromatic heterocycles. The molecule has 0 bridgehead atoms. The summed E-state index contributed by atoms with van der Waals surface area (Å²) in [6, 6.07) is 0. The highest BCUT2D eigenvalue weighted by molar-refractivity contribution is 5.51. The molecule has 6 nitrogen and oxygen atoms in total. The molecule has 0 saturated heterocycles. The summed E-state index contributed by atoms with van der Waals surface area (Å²) >= 11 is 0. The predicted molar refractivity (Wildman–Crippen MR) is 69.7 cm³/mol. The van der Waals surface area contributed by atoms with E-state index in [1.807, 2.05) is 6.92 Å². The third-order valence-corrected chi connectivity index (χ3v) is 2.93. The van der Waals surface area contributed by atoms with E-state index in [-0.39, 0.29) is 5.95 Å². The molecule has 0 amide bonds. The minimum atomic E-state index is -0.296. The predicted octanol–water partition coefficient (Wildman–Crippen LogP) is 1.70. The largest absolute Gasteiger partial charge is 0.478 e. The van der Waals surface area contributed by atoms with Crippen molar-refractivity contribution in [2.24, 2.45) is 7.05 Å². The van der Waals surface area contributed by atoms with Crippen molar-refractivity contribution in [1.29, 1.82) is 0 Å². The van der Waals surface area contributed by atoms with E-state index >= 15 is 0 Å². The van der Waals surface area contributed by atoms with Crippen LogP contribution in [0.2, 0.25) is 0 Å². The van der Waals surface area contributed by atoms with Gasteiger partial charge in [-0.1, -0.05) is 0 Å². The lowest BCUT2D eigenvalue weighted by atomic mass is 10.2. The van der Waals surface area contributed by atoms with E-state index in [1.165, 1.54) is 4.68 Å². The molecule has 0 aliphatic carbocycles. The lowest BCUT2D eigenvalue weighted by molar-refractivity contribution is 0.393. The van der Waals surface area contributed by atoms with Gasteiger partial charge < -0.3 is 10.1 Å². The smallest absolute Gasteiger partial charge is 0.256 e. The minimum absolute atomic E-state index is 0.296. The maximum Gasteiger partial charge on any atom is 0.256 e. The molecule has 2 aromatic rings. The Balaban J connectivity index is 2.16. The summed E-state index contributed by atoms with van der Waals surface area (Å²) in [6.07, 6.45) is 1.79. The molecular weight excluding hydrogens is 249 g/mol. The fraction of sp³-hybridized carbons (Fsp3) is 0.500. The van der Waals surface area contributed by atoms with Crippen molar-refractivity contribution < 1.29 is 9.13 Å². The van der Waals surface area contributed by atoms with Crippen LogP contribution in [0.5, 0.6) is 5.88 Å². The third-order valence-electron chi connectivity index (χ3n) is 2.93. The molecule has 0 aromatic carbocycles.